The number of nitrogens with zero attached hydrogens (tertiary/aromatic N) is 2. The number of hydrogen-bond donors (Lipinski definition) is 0. The summed E-state index contributed by atoms with van der Waals surface area (Å²) < 4.78 is 16.0. The molecule has 2 unspecified atom stereocenters. The second kappa shape index (κ2) is 5.03. The minimum atomic E-state index is -2.28. The van der Waals surface area contributed by atoms with Gasteiger partial charge in [-0.15, -0.1) is 0 Å². The Morgan fingerprint density at radius 2 is 1.89 bits per heavy atom. The van der Waals surface area contributed by atoms with Gasteiger partial charge in [0.05, 0.1) is 13.2 Å². The summed E-state index contributed by atoms with van der Waals surface area (Å²) in [6.45, 7) is 1.19. The quantitative estimate of drug-likeness (QED) is 0.360. The summed E-state index contributed by atoms with van der Waals surface area (Å²) >= 11 is 5.51. The van der Waals surface area contributed by atoms with Crippen LogP contribution < -0.4 is 0 Å². The second-order valence-corrected chi connectivity index (χ2v) is 8.54. The maximum absolute atomic E-state index is 9.14. The molecule has 19 heavy (non-hydrogen) atoms. The van der Waals surface area contributed by atoms with Gasteiger partial charge in [0.15, 0.2) is 5.71 Å². The molecule has 1 aromatic rings. The van der Waals surface area contributed by atoms with Crippen molar-refractivity contribution in [2.45, 2.75) is 11.7 Å². The summed E-state index contributed by atoms with van der Waals surface area (Å²) in [5.74, 6) is -0.149. The molecule has 0 saturated carbocycles. The van der Waals surface area contributed by atoms with Crippen molar-refractivity contribution < 1.29 is 14.1 Å². The Kier molecular flexibility index (Phi) is 3.38. The van der Waals surface area contributed by atoms with Gasteiger partial charge in [0.25, 0.3) is 0 Å². The van der Waals surface area contributed by atoms with Crippen LogP contribution in [0.1, 0.15) is 5.56 Å². The number of ether oxygens (including phenoxy) is 2. The van der Waals surface area contributed by atoms with E-state index < -0.39 is 6.26 Å². The Labute approximate surface area is 115 Å². The summed E-state index contributed by atoms with van der Waals surface area (Å²) in [6.07, 6.45) is -2.28. The van der Waals surface area contributed by atoms with Crippen LogP contribution in [-0.2, 0) is 25.9 Å². The van der Waals surface area contributed by atoms with Crippen molar-refractivity contribution in [3.05, 3.63) is 35.9 Å². The van der Waals surface area contributed by atoms with Crippen LogP contribution in [0.4, 0.5) is 0 Å². The van der Waals surface area contributed by atoms with Gasteiger partial charge >= 0.3 is 0 Å². The number of benzene rings is 1. The van der Waals surface area contributed by atoms with Gasteiger partial charge in [0.2, 0.25) is 6.26 Å². The van der Waals surface area contributed by atoms with Crippen molar-refractivity contribution in [2.75, 3.05) is 13.2 Å². The third-order valence-electron chi connectivity index (χ3n) is 2.85. The van der Waals surface area contributed by atoms with Crippen molar-refractivity contribution in [1.82, 2.24) is 0 Å². The first-order chi connectivity index (χ1) is 9.24. The largest absolute Gasteiger partial charge is 0.364 e. The highest BCUT2D eigenvalue weighted by atomic mass is 32.4. The van der Waals surface area contributed by atoms with Crippen molar-refractivity contribution in [1.29, 1.82) is 5.26 Å². The molecule has 0 amide bonds. The molecule has 2 fully saturated rings. The Hall–Kier alpha value is -1.25. The van der Waals surface area contributed by atoms with Crippen LogP contribution in [0.2, 0.25) is 0 Å². The smallest absolute Gasteiger partial charge is 0.205 e. The van der Waals surface area contributed by atoms with Crippen molar-refractivity contribution in [2.24, 2.45) is 5.16 Å². The van der Waals surface area contributed by atoms with E-state index in [1.807, 2.05) is 24.3 Å². The standard InChI is InChI=1S/C12H11N2O3PS/c13-6-10(9-4-2-1-3-5-9)14-17-18(19,11-7-15-11)12-8-16-12/h1-5,11-12H,7-8H2/b14-10+. The lowest BCUT2D eigenvalue weighted by molar-refractivity contribution is 0.344. The second-order valence-electron chi connectivity index (χ2n) is 4.22. The fraction of sp³-hybridized carbons (Fsp3) is 0.333. The summed E-state index contributed by atoms with van der Waals surface area (Å²) in [7, 11) is 0. The third-order valence-corrected chi connectivity index (χ3v) is 7.00. The van der Waals surface area contributed by atoms with Gasteiger partial charge in [-0.3, -0.25) is 0 Å². The van der Waals surface area contributed by atoms with Gasteiger partial charge in [-0.25, -0.2) is 0 Å². The first-order valence-electron chi connectivity index (χ1n) is 5.79. The fourth-order valence-electron chi connectivity index (χ4n) is 1.63. The van der Waals surface area contributed by atoms with E-state index >= 15 is 0 Å². The zero-order valence-corrected chi connectivity index (χ0v) is 11.6. The number of nitriles is 1. The number of hydrogen-bond acceptors (Lipinski definition) is 6. The average Bonchev–Trinajstić information content (AvgIpc) is 3.33. The molecule has 2 saturated heterocycles. The van der Waals surface area contributed by atoms with E-state index in [9.17, 15) is 0 Å². The topological polar surface area (TPSA) is 70.4 Å². The molecule has 2 aliphatic heterocycles. The lowest BCUT2D eigenvalue weighted by atomic mass is 10.1. The summed E-state index contributed by atoms with van der Waals surface area (Å²) in [6, 6.07) is 11.2. The van der Waals surface area contributed by atoms with E-state index in [0.29, 0.717) is 18.8 Å². The highest BCUT2D eigenvalue weighted by molar-refractivity contribution is 8.13. The molecular formula is C12H11N2O3PS. The molecule has 1 aromatic carbocycles. The van der Waals surface area contributed by atoms with Gasteiger partial charge in [-0.05, 0) is 11.8 Å². The minimum absolute atomic E-state index is 0.0746. The monoisotopic (exact) mass is 294 g/mol. The van der Waals surface area contributed by atoms with E-state index in [2.05, 4.69) is 5.16 Å². The molecule has 7 heteroatoms. The van der Waals surface area contributed by atoms with Gasteiger partial charge in [-0.1, -0.05) is 35.5 Å². The SMILES string of the molecule is N#C/C(=N\OP(=S)(C1CO1)C1CO1)c1ccccc1. The van der Waals surface area contributed by atoms with Crippen molar-refractivity contribution >= 4 is 23.8 Å². The lowest BCUT2D eigenvalue weighted by Crippen LogP contribution is -2.03. The zero-order valence-electron chi connectivity index (χ0n) is 9.93. The lowest BCUT2D eigenvalue weighted by Gasteiger charge is -2.14. The number of epoxide rings is 2. The normalized spacial score (nSPS) is 28.1. The third kappa shape index (κ3) is 2.70. The van der Waals surface area contributed by atoms with Crippen LogP contribution in [0.3, 0.4) is 0 Å². The molecule has 5 nitrogen and oxygen atoms in total. The molecule has 2 heterocycles. The van der Waals surface area contributed by atoms with Gasteiger partial charge in [0.1, 0.15) is 17.8 Å². The Balaban J connectivity index is 1.80. The Morgan fingerprint density at radius 1 is 1.32 bits per heavy atom. The van der Waals surface area contributed by atoms with E-state index in [0.717, 1.165) is 0 Å². The van der Waals surface area contributed by atoms with E-state index in [1.54, 1.807) is 12.1 Å². The minimum Gasteiger partial charge on any atom is -0.364 e. The summed E-state index contributed by atoms with van der Waals surface area (Å²) in [4.78, 5) is 0. The van der Waals surface area contributed by atoms with Crippen LogP contribution >= 0.6 is 6.26 Å². The highest BCUT2D eigenvalue weighted by Gasteiger charge is 2.53. The highest BCUT2D eigenvalue weighted by Crippen LogP contribution is 2.65. The fourth-order valence-corrected chi connectivity index (χ4v) is 4.25. The molecular weight excluding hydrogens is 283 g/mol. The first-order valence-corrected chi connectivity index (χ1v) is 8.65. The van der Waals surface area contributed by atoms with Gasteiger partial charge in [-0.2, -0.15) is 5.26 Å². The number of oxime groups is 1. The molecule has 0 N–H and O–H groups in total. The molecule has 0 aliphatic carbocycles. The van der Waals surface area contributed by atoms with E-state index in [-0.39, 0.29) is 17.4 Å². The van der Waals surface area contributed by atoms with Crippen LogP contribution in [0.25, 0.3) is 0 Å². The van der Waals surface area contributed by atoms with Crippen LogP contribution in [-0.4, -0.2) is 30.6 Å². The molecule has 0 aromatic heterocycles. The number of rotatable bonds is 5. The van der Waals surface area contributed by atoms with Crippen molar-refractivity contribution in [3.63, 3.8) is 0 Å². The molecule has 98 valence electrons. The molecule has 2 aliphatic rings. The van der Waals surface area contributed by atoms with Crippen LogP contribution in [0.5, 0.6) is 0 Å². The van der Waals surface area contributed by atoms with Crippen molar-refractivity contribution in [3.8, 4) is 6.07 Å². The maximum Gasteiger partial charge on any atom is 0.205 e. The van der Waals surface area contributed by atoms with E-state index in [1.165, 1.54) is 0 Å². The summed E-state index contributed by atoms with van der Waals surface area (Å²) in [5, 5.41) is 13.1. The molecule has 2 atom stereocenters. The summed E-state index contributed by atoms with van der Waals surface area (Å²) in [5.41, 5.74) is 0.927. The van der Waals surface area contributed by atoms with Gasteiger partial charge < -0.3 is 14.1 Å². The van der Waals surface area contributed by atoms with Crippen LogP contribution in [0, 0.1) is 11.3 Å². The predicted molar refractivity (Wildman–Crippen MR) is 73.4 cm³/mol. The predicted octanol–water partition coefficient (Wildman–Crippen LogP) is 2.04. The molecule has 0 radical (unpaired) electrons. The first kappa shape index (κ1) is 12.8. The Bertz CT molecular complexity index is 575. The Morgan fingerprint density at radius 3 is 2.37 bits per heavy atom. The molecule has 0 spiro atoms. The molecule has 0 bridgehead atoms. The average molecular weight is 294 g/mol. The maximum atomic E-state index is 9.14. The van der Waals surface area contributed by atoms with E-state index in [4.69, 9.17) is 31.2 Å². The zero-order chi connectivity index (χ0) is 13.3. The molecule has 3 rings (SSSR count). The van der Waals surface area contributed by atoms with Crippen LogP contribution in [0.15, 0.2) is 35.5 Å². The van der Waals surface area contributed by atoms with Gasteiger partial charge in [0, 0.05) is 5.56 Å².